The van der Waals surface area contributed by atoms with Crippen molar-refractivity contribution in [3.8, 4) is 22.6 Å². The Morgan fingerprint density at radius 1 is 0.800 bits per heavy atom. The lowest BCUT2D eigenvalue weighted by Gasteiger charge is -2.29. The number of para-hydroxylation sites is 1. The Morgan fingerprint density at radius 3 is 2.00 bits per heavy atom. The molecule has 0 spiro atoms. The van der Waals surface area contributed by atoms with E-state index >= 15 is 0 Å². The minimum absolute atomic E-state index is 0.000706. The third-order valence-electron chi connectivity index (χ3n) is 7.14. The molecule has 30 heavy (non-hydrogen) atoms. The molecule has 3 aromatic rings. The molecule has 1 atom stereocenters. The Kier molecular flexibility index (Phi) is 4.54. The summed E-state index contributed by atoms with van der Waals surface area (Å²) in [6.07, 6.45) is 1.00. The number of phenolic OH excluding ortho intramolecular Hbond substituents is 2. The molecule has 4 rings (SSSR count). The molecule has 1 aliphatic rings. The van der Waals surface area contributed by atoms with E-state index in [4.69, 9.17) is 0 Å². The van der Waals surface area contributed by atoms with Gasteiger partial charge in [-0.2, -0.15) is 0 Å². The molecule has 0 aliphatic heterocycles. The van der Waals surface area contributed by atoms with E-state index in [0.29, 0.717) is 11.5 Å². The van der Waals surface area contributed by atoms with E-state index in [1.54, 1.807) is 6.07 Å². The fraction of sp³-hybridized carbons (Fsp3) is 0.357. The maximum atomic E-state index is 10.5. The first kappa shape index (κ1) is 20.5. The predicted octanol–water partition coefficient (Wildman–Crippen LogP) is 6.99. The zero-order chi connectivity index (χ0) is 22.0. The van der Waals surface area contributed by atoms with Crippen molar-refractivity contribution in [3.63, 3.8) is 0 Å². The first-order valence-electron chi connectivity index (χ1n) is 10.7. The van der Waals surface area contributed by atoms with E-state index < -0.39 is 0 Å². The number of hydrogen-bond acceptors (Lipinski definition) is 2. The van der Waals surface area contributed by atoms with Gasteiger partial charge in [0.1, 0.15) is 11.5 Å². The normalized spacial score (nSPS) is 19.7. The largest absolute Gasteiger partial charge is 0.507 e. The summed E-state index contributed by atoms with van der Waals surface area (Å²) >= 11 is 0. The Morgan fingerprint density at radius 2 is 1.40 bits per heavy atom. The fourth-order valence-corrected chi connectivity index (χ4v) is 5.99. The van der Waals surface area contributed by atoms with Crippen molar-refractivity contribution in [2.24, 2.45) is 0 Å². The summed E-state index contributed by atoms with van der Waals surface area (Å²) in [7, 11) is 0. The van der Waals surface area contributed by atoms with Gasteiger partial charge >= 0.3 is 0 Å². The molecule has 0 saturated carbocycles. The van der Waals surface area contributed by atoms with Crippen LogP contribution in [0.1, 0.15) is 66.1 Å². The second-order valence-electron chi connectivity index (χ2n) is 9.98. The summed E-state index contributed by atoms with van der Waals surface area (Å²) in [5.41, 5.74) is 10.2. The first-order chi connectivity index (χ1) is 14.0. The summed E-state index contributed by atoms with van der Waals surface area (Å²) in [5, 5.41) is 20.8. The van der Waals surface area contributed by atoms with E-state index in [0.717, 1.165) is 28.7 Å². The highest BCUT2D eigenvalue weighted by Crippen LogP contribution is 2.56. The molecule has 3 aromatic carbocycles. The number of aromatic hydroxyl groups is 2. The predicted molar refractivity (Wildman–Crippen MR) is 125 cm³/mol. The molecule has 0 bridgehead atoms. The second-order valence-corrected chi connectivity index (χ2v) is 9.98. The van der Waals surface area contributed by atoms with Crippen LogP contribution in [0.2, 0.25) is 0 Å². The van der Waals surface area contributed by atoms with Crippen molar-refractivity contribution < 1.29 is 10.2 Å². The molecule has 0 amide bonds. The summed E-state index contributed by atoms with van der Waals surface area (Å²) in [6.45, 7) is 15.3. The van der Waals surface area contributed by atoms with Crippen LogP contribution in [0.25, 0.3) is 11.1 Å². The molecular weight excluding hydrogens is 368 g/mol. The summed E-state index contributed by atoms with van der Waals surface area (Å²) in [4.78, 5) is 0. The van der Waals surface area contributed by atoms with Crippen molar-refractivity contribution in [2.45, 2.75) is 65.7 Å². The Labute approximate surface area is 180 Å². The molecule has 0 aromatic heterocycles. The molecule has 2 nitrogen and oxygen atoms in total. The van der Waals surface area contributed by atoms with Gasteiger partial charge in [-0.3, -0.25) is 0 Å². The molecule has 0 fully saturated rings. The van der Waals surface area contributed by atoms with Crippen LogP contribution in [0, 0.1) is 27.7 Å². The van der Waals surface area contributed by atoms with E-state index in [9.17, 15) is 10.2 Å². The van der Waals surface area contributed by atoms with Gasteiger partial charge in [0.2, 0.25) is 0 Å². The topological polar surface area (TPSA) is 40.5 Å². The molecule has 156 valence electrons. The van der Waals surface area contributed by atoms with Crippen LogP contribution in [-0.4, -0.2) is 10.2 Å². The zero-order valence-electron chi connectivity index (χ0n) is 19.1. The van der Waals surface area contributed by atoms with Crippen molar-refractivity contribution in [3.05, 3.63) is 81.4 Å². The number of phenols is 2. The standard InChI is InChI=1S/C28H32O2/c1-16-14-22-25(19(4)24(16)21-10-8-9-11-23(21)29)27(5,6)15-28(22,7)20-12-17(2)26(30)18(3)13-20/h8-14,29-30H,15H2,1-7H3. The van der Waals surface area contributed by atoms with E-state index in [-0.39, 0.29) is 10.8 Å². The first-order valence-corrected chi connectivity index (χ1v) is 10.7. The number of benzene rings is 3. The number of fused-ring (bicyclic) bond motifs is 1. The highest BCUT2D eigenvalue weighted by Gasteiger charge is 2.47. The lowest BCUT2D eigenvalue weighted by molar-refractivity contribution is 0.422. The number of aryl methyl sites for hydroxylation is 3. The van der Waals surface area contributed by atoms with Crippen LogP contribution < -0.4 is 0 Å². The maximum absolute atomic E-state index is 10.5. The lowest BCUT2D eigenvalue weighted by Crippen LogP contribution is -2.23. The van der Waals surface area contributed by atoms with E-state index in [1.807, 2.05) is 32.0 Å². The second kappa shape index (κ2) is 6.63. The van der Waals surface area contributed by atoms with Gasteiger partial charge in [-0.1, -0.05) is 57.2 Å². The molecule has 0 saturated heterocycles. The average Bonchev–Trinajstić information content (AvgIpc) is 2.87. The van der Waals surface area contributed by atoms with Crippen LogP contribution in [-0.2, 0) is 10.8 Å². The summed E-state index contributed by atoms with van der Waals surface area (Å²) < 4.78 is 0. The van der Waals surface area contributed by atoms with Gasteiger partial charge < -0.3 is 10.2 Å². The molecular formula is C28H32O2. The van der Waals surface area contributed by atoms with Crippen molar-refractivity contribution in [1.82, 2.24) is 0 Å². The molecule has 2 N–H and O–H groups in total. The van der Waals surface area contributed by atoms with E-state index in [2.05, 4.69) is 52.8 Å². The van der Waals surface area contributed by atoms with Crippen LogP contribution in [0.5, 0.6) is 11.5 Å². The fourth-order valence-electron chi connectivity index (χ4n) is 5.99. The van der Waals surface area contributed by atoms with E-state index in [1.165, 1.54) is 27.8 Å². The van der Waals surface area contributed by atoms with Gasteiger partial charge in [0.25, 0.3) is 0 Å². The van der Waals surface area contributed by atoms with Crippen LogP contribution in [0.15, 0.2) is 42.5 Å². The third-order valence-corrected chi connectivity index (χ3v) is 7.14. The summed E-state index contributed by atoms with van der Waals surface area (Å²) in [5.74, 6) is 0.717. The highest BCUT2D eigenvalue weighted by atomic mass is 16.3. The van der Waals surface area contributed by atoms with Crippen molar-refractivity contribution in [2.75, 3.05) is 0 Å². The van der Waals surface area contributed by atoms with Gasteiger partial charge in [0, 0.05) is 11.0 Å². The molecule has 1 unspecified atom stereocenters. The number of rotatable bonds is 2. The smallest absolute Gasteiger partial charge is 0.123 e. The SMILES string of the molecule is Cc1cc(C2(C)CC(C)(C)c3c2cc(C)c(-c2ccccc2O)c3C)cc(C)c1O. The lowest BCUT2D eigenvalue weighted by atomic mass is 9.74. The molecule has 2 heteroatoms. The van der Waals surface area contributed by atoms with Gasteiger partial charge in [-0.05, 0) is 90.1 Å². The Bertz CT molecular complexity index is 1150. The van der Waals surface area contributed by atoms with Crippen molar-refractivity contribution >= 4 is 0 Å². The minimum Gasteiger partial charge on any atom is -0.507 e. The Balaban J connectivity index is 2.01. The monoisotopic (exact) mass is 400 g/mol. The molecule has 0 heterocycles. The minimum atomic E-state index is -0.130. The van der Waals surface area contributed by atoms with Crippen LogP contribution >= 0.6 is 0 Å². The molecule has 0 radical (unpaired) electrons. The van der Waals surface area contributed by atoms with Gasteiger partial charge in [0.15, 0.2) is 0 Å². The summed E-state index contributed by atoms with van der Waals surface area (Å²) in [6, 6.07) is 14.2. The zero-order valence-corrected chi connectivity index (χ0v) is 19.1. The van der Waals surface area contributed by atoms with Gasteiger partial charge in [0.05, 0.1) is 0 Å². The van der Waals surface area contributed by atoms with Gasteiger partial charge in [-0.15, -0.1) is 0 Å². The van der Waals surface area contributed by atoms with Crippen LogP contribution in [0.4, 0.5) is 0 Å². The van der Waals surface area contributed by atoms with Crippen molar-refractivity contribution in [1.29, 1.82) is 0 Å². The van der Waals surface area contributed by atoms with Gasteiger partial charge in [-0.25, -0.2) is 0 Å². The Hall–Kier alpha value is -2.74. The third kappa shape index (κ3) is 2.85. The van der Waals surface area contributed by atoms with Crippen LogP contribution in [0.3, 0.4) is 0 Å². The maximum Gasteiger partial charge on any atom is 0.123 e. The molecule has 1 aliphatic carbocycles. The highest BCUT2D eigenvalue weighted by molar-refractivity contribution is 5.79. The quantitative estimate of drug-likeness (QED) is 0.487. The number of hydrogen-bond donors (Lipinski definition) is 2. The average molecular weight is 401 g/mol.